The summed E-state index contributed by atoms with van der Waals surface area (Å²) >= 11 is 12.0. The lowest BCUT2D eigenvalue weighted by Gasteiger charge is -2.17. The first-order valence-electron chi connectivity index (χ1n) is 8.72. The summed E-state index contributed by atoms with van der Waals surface area (Å²) in [6, 6.07) is 13.4. The maximum Gasteiger partial charge on any atom is 0.265 e. The van der Waals surface area contributed by atoms with Gasteiger partial charge in [0.2, 0.25) is 0 Å². The first kappa shape index (κ1) is 21.0. The van der Waals surface area contributed by atoms with Gasteiger partial charge in [-0.05, 0) is 55.5 Å². The summed E-state index contributed by atoms with van der Waals surface area (Å²) in [7, 11) is 1.51. The average molecular weight is 436 g/mol. The number of anilines is 1. The molecule has 0 aliphatic carbocycles. The maximum absolute atomic E-state index is 12.6. The van der Waals surface area contributed by atoms with Gasteiger partial charge in [-0.15, -0.1) is 0 Å². The minimum atomic E-state index is -0.827. The highest BCUT2D eigenvalue weighted by Gasteiger charge is 2.19. The first-order chi connectivity index (χ1) is 13.9. The Morgan fingerprint density at radius 3 is 2.55 bits per heavy atom. The molecule has 0 saturated heterocycles. The Hall–Kier alpha value is -2.67. The van der Waals surface area contributed by atoms with E-state index in [2.05, 4.69) is 5.32 Å². The molecule has 3 aromatic rings. The number of nitrogens with one attached hydrogen (secondary N) is 1. The molecule has 8 heteroatoms. The van der Waals surface area contributed by atoms with Gasteiger partial charge in [-0.25, -0.2) is 0 Å². The quantitative estimate of drug-likeness (QED) is 0.535. The summed E-state index contributed by atoms with van der Waals surface area (Å²) in [5, 5.41) is 12.8. The van der Waals surface area contributed by atoms with Crippen molar-refractivity contribution in [2.75, 3.05) is 12.4 Å². The lowest BCUT2D eigenvalue weighted by molar-refractivity contribution is -0.122. The number of aliphatic hydroxyl groups is 1. The van der Waals surface area contributed by atoms with Gasteiger partial charge >= 0.3 is 0 Å². The molecule has 0 unspecified atom stereocenters. The van der Waals surface area contributed by atoms with E-state index in [0.717, 1.165) is 5.56 Å². The Morgan fingerprint density at radius 1 is 1.14 bits per heavy atom. The van der Waals surface area contributed by atoms with Gasteiger partial charge in [0.15, 0.2) is 6.10 Å². The van der Waals surface area contributed by atoms with Gasteiger partial charge < -0.3 is 24.3 Å². The second-order valence-electron chi connectivity index (χ2n) is 6.16. The lowest BCUT2D eigenvalue weighted by Crippen LogP contribution is -2.30. The summed E-state index contributed by atoms with van der Waals surface area (Å²) in [5.41, 5.74) is 1.17. The minimum Gasteiger partial charge on any atom is -0.495 e. The monoisotopic (exact) mass is 435 g/mol. The van der Waals surface area contributed by atoms with Crippen LogP contribution in [0, 0.1) is 0 Å². The minimum absolute atomic E-state index is 0.193. The van der Waals surface area contributed by atoms with E-state index in [1.807, 2.05) is 0 Å². The van der Waals surface area contributed by atoms with Crippen LogP contribution in [0.1, 0.15) is 12.7 Å². The third kappa shape index (κ3) is 5.03. The summed E-state index contributed by atoms with van der Waals surface area (Å²) in [4.78, 5) is 12.6. The molecule has 1 amide bonds. The van der Waals surface area contributed by atoms with Crippen molar-refractivity contribution in [3.8, 4) is 22.8 Å². The molecule has 29 heavy (non-hydrogen) atoms. The number of hydrogen-bond acceptors (Lipinski definition) is 5. The Kier molecular flexibility index (Phi) is 6.69. The van der Waals surface area contributed by atoms with E-state index in [9.17, 15) is 4.79 Å². The lowest BCUT2D eigenvalue weighted by atomic mass is 10.1. The van der Waals surface area contributed by atoms with E-state index in [1.54, 1.807) is 55.5 Å². The number of amides is 1. The third-order valence-electron chi connectivity index (χ3n) is 4.13. The molecule has 152 valence electrons. The molecule has 0 spiro atoms. The third-order valence-corrected chi connectivity index (χ3v) is 4.66. The summed E-state index contributed by atoms with van der Waals surface area (Å²) in [6.45, 7) is 1.42. The van der Waals surface area contributed by atoms with Gasteiger partial charge in [-0.2, -0.15) is 0 Å². The van der Waals surface area contributed by atoms with Gasteiger partial charge in [-0.3, -0.25) is 4.79 Å². The van der Waals surface area contributed by atoms with E-state index in [1.165, 1.54) is 7.11 Å². The smallest absolute Gasteiger partial charge is 0.265 e. The summed E-state index contributed by atoms with van der Waals surface area (Å²) in [5.74, 6) is 1.45. The van der Waals surface area contributed by atoms with Gasteiger partial charge in [0.05, 0.1) is 17.8 Å². The van der Waals surface area contributed by atoms with Gasteiger partial charge in [0.25, 0.3) is 5.91 Å². The van der Waals surface area contributed by atoms with E-state index >= 15 is 0 Å². The van der Waals surface area contributed by atoms with Crippen LogP contribution in [0.25, 0.3) is 11.3 Å². The molecule has 2 aromatic carbocycles. The zero-order valence-electron chi connectivity index (χ0n) is 15.7. The molecule has 1 atom stereocenters. The van der Waals surface area contributed by atoms with Crippen LogP contribution in [0.3, 0.4) is 0 Å². The molecule has 0 radical (unpaired) electrons. The number of carbonyl (C=O) groups is 1. The second kappa shape index (κ2) is 9.22. The van der Waals surface area contributed by atoms with Gasteiger partial charge in [-0.1, -0.05) is 23.2 Å². The molecule has 2 N–H and O–H groups in total. The number of hydrogen-bond donors (Lipinski definition) is 2. The summed E-state index contributed by atoms with van der Waals surface area (Å²) < 4.78 is 16.5. The predicted octanol–water partition coefficient (Wildman–Crippen LogP) is 5.16. The number of carbonyl (C=O) groups excluding carboxylic acids is 1. The number of methoxy groups -OCH3 is 1. The van der Waals surface area contributed by atoms with Crippen molar-refractivity contribution in [3.05, 3.63) is 64.3 Å². The van der Waals surface area contributed by atoms with Crippen LogP contribution in [0.5, 0.6) is 11.5 Å². The molecular formula is C21H19Cl2NO5. The van der Waals surface area contributed by atoms with E-state index in [0.29, 0.717) is 38.8 Å². The highest BCUT2D eigenvalue weighted by Crippen LogP contribution is 2.32. The van der Waals surface area contributed by atoms with Crippen molar-refractivity contribution in [1.82, 2.24) is 0 Å². The van der Waals surface area contributed by atoms with E-state index < -0.39 is 6.10 Å². The number of rotatable bonds is 7. The van der Waals surface area contributed by atoms with Crippen LogP contribution >= 0.6 is 23.2 Å². The van der Waals surface area contributed by atoms with Crippen LogP contribution in [0.2, 0.25) is 10.0 Å². The fourth-order valence-electron chi connectivity index (χ4n) is 2.63. The molecule has 0 aliphatic rings. The maximum atomic E-state index is 12.6. The molecule has 0 fully saturated rings. The average Bonchev–Trinajstić information content (AvgIpc) is 3.19. The van der Waals surface area contributed by atoms with Crippen molar-refractivity contribution in [2.24, 2.45) is 0 Å². The van der Waals surface area contributed by atoms with Crippen molar-refractivity contribution in [1.29, 1.82) is 0 Å². The standard InChI is InChI=1S/C21H19Cl2NO5/c1-12(28-19-7-4-14(22)10-16(19)23)21(26)24-17-9-13(3-6-20(17)27-2)18-8-5-15(11-25)29-18/h3-10,12,25H,11H2,1-2H3,(H,24,26)/t12-/m0/s1. The van der Waals surface area contributed by atoms with E-state index in [4.69, 9.17) is 42.2 Å². The number of benzene rings is 2. The van der Waals surface area contributed by atoms with Crippen LogP contribution in [0.15, 0.2) is 52.9 Å². The molecular weight excluding hydrogens is 417 g/mol. The highest BCUT2D eigenvalue weighted by atomic mass is 35.5. The Morgan fingerprint density at radius 2 is 1.90 bits per heavy atom. The zero-order chi connectivity index (χ0) is 21.0. The van der Waals surface area contributed by atoms with Gasteiger partial charge in [0, 0.05) is 10.6 Å². The van der Waals surface area contributed by atoms with Crippen molar-refractivity contribution in [3.63, 3.8) is 0 Å². The first-order valence-corrected chi connectivity index (χ1v) is 9.47. The largest absolute Gasteiger partial charge is 0.495 e. The van der Waals surface area contributed by atoms with Crippen LogP contribution < -0.4 is 14.8 Å². The molecule has 1 aromatic heterocycles. The predicted molar refractivity (Wildman–Crippen MR) is 112 cm³/mol. The molecule has 0 bridgehead atoms. The number of aliphatic hydroxyl groups excluding tert-OH is 1. The van der Waals surface area contributed by atoms with Crippen molar-refractivity contribution < 1.29 is 23.8 Å². The SMILES string of the molecule is COc1ccc(-c2ccc(CO)o2)cc1NC(=O)[C@H](C)Oc1ccc(Cl)cc1Cl. The highest BCUT2D eigenvalue weighted by molar-refractivity contribution is 6.35. The molecule has 1 heterocycles. The number of halogens is 2. The molecule has 6 nitrogen and oxygen atoms in total. The molecule has 0 aliphatic heterocycles. The fraction of sp³-hybridized carbons (Fsp3) is 0.190. The zero-order valence-corrected chi connectivity index (χ0v) is 17.3. The van der Waals surface area contributed by atoms with Crippen LogP contribution in [-0.4, -0.2) is 24.2 Å². The van der Waals surface area contributed by atoms with Crippen LogP contribution in [-0.2, 0) is 11.4 Å². The Labute approximate surface area is 178 Å². The Bertz CT molecular complexity index is 1020. The second-order valence-corrected chi connectivity index (χ2v) is 7.01. The molecule has 0 saturated carbocycles. The van der Waals surface area contributed by atoms with Crippen LogP contribution in [0.4, 0.5) is 5.69 Å². The number of ether oxygens (including phenoxy) is 2. The summed E-state index contributed by atoms with van der Waals surface area (Å²) in [6.07, 6.45) is -0.827. The molecule has 3 rings (SSSR count). The van der Waals surface area contributed by atoms with Crippen molar-refractivity contribution in [2.45, 2.75) is 19.6 Å². The Balaban J connectivity index is 1.78. The normalized spacial score (nSPS) is 11.8. The van der Waals surface area contributed by atoms with Crippen molar-refractivity contribution >= 4 is 34.8 Å². The number of furan rings is 1. The fourth-order valence-corrected chi connectivity index (χ4v) is 3.08. The van der Waals surface area contributed by atoms with Gasteiger partial charge in [0.1, 0.15) is 29.6 Å². The topological polar surface area (TPSA) is 80.9 Å². The van der Waals surface area contributed by atoms with E-state index in [-0.39, 0.29) is 12.5 Å².